The largest absolute Gasteiger partial charge is 0.342 e. The molecule has 2 aliphatic heterocycles. The summed E-state index contributed by atoms with van der Waals surface area (Å²) in [6, 6.07) is 20.4. The van der Waals surface area contributed by atoms with Crippen LogP contribution in [0.4, 0.5) is 11.4 Å². The molecule has 0 saturated heterocycles. The van der Waals surface area contributed by atoms with E-state index in [2.05, 4.69) is 15.3 Å². The van der Waals surface area contributed by atoms with E-state index in [0.717, 1.165) is 41.0 Å². The SMILES string of the molecule is Cc1nc2ccc(NC(=O)CCCCCN3C(=O)c4ccccc4N4C(=O)c5ccccc5C34)cc2[nH]1. The number of imidazole rings is 1. The van der Waals surface area contributed by atoms with E-state index in [9.17, 15) is 14.4 Å². The van der Waals surface area contributed by atoms with Crippen LogP contribution in [0, 0.1) is 6.92 Å². The van der Waals surface area contributed by atoms with E-state index in [1.807, 2.05) is 67.6 Å². The van der Waals surface area contributed by atoms with Gasteiger partial charge in [-0.3, -0.25) is 19.3 Å². The van der Waals surface area contributed by atoms with Gasteiger partial charge in [-0.1, -0.05) is 36.8 Å². The lowest BCUT2D eigenvalue weighted by Gasteiger charge is -2.41. The molecule has 0 radical (unpaired) electrons. The highest BCUT2D eigenvalue weighted by Crippen LogP contribution is 2.45. The maximum Gasteiger partial charge on any atom is 0.260 e. The number of amides is 3. The number of nitrogens with zero attached hydrogens (tertiary/aromatic N) is 3. The van der Waals surface area contributed by atoms with Crippen LogP contribution in [0.1, 0.15) is 64.0 Å². The zero-order chi connectivity index (χ0) is 25.5. The second-order valence-corrected chi connectivity index (χ2v) is 9.56. The van der Waals surface area contributed by atoms with Crippen LogP contribution in [0.5, 0.6) is 0 Å². The highest BCUT2D eigenvalue weighted by atomic mass is 16.2. The Kier molecular flexibility index (Phi) is 5.71. The number of aromatic nitrogens is 2. The number of aryl methyl sites for hydroxylation is 1. The molecule has 8 heteroatoms. The molecule has 1 atom stereocenters. The monoisotopic (exact) mass is 493 g/mol. The van der Waals surface area contributed by atoms with Gasteiger partial charge in [0.15, 0.2) is 0 Å². The van der Waals surface area contributed by atoms with Crippen LogP contribution in [-0.4, -0.2) is 39.1 Å². The van der Waals surface area contributed by atoms with Crippen LogP contribution in [0.3, 0.4) is 0 Å². The summed E-state index contributed by atoms with van der Waals surface area (Å²) in [4.78, 5) is 50.3. The van der Waals surface area contributed by atoms with Gasteiger partial charge in [0.05, 0.1) is 22.3 Å². The first-order valence-electron chi connectivity index (χ1n) is 12.6. The van der Waals surface area contributed by atoms with Gasteiger partial charge >= 0.3 is 0 Å². The summed E-state index contributed by atoms with van der Waals surface area (Å²) in [6.07, 6.45) is 2.20. The fourth-order valence-electron chi connectivity index (χ4n) is 5.38. The third-order valence-corrected chi connectivity index (χ3v) is 7.07. The summed E-state index contributed by atoms with van der Waals surface area (Å²) in [5.41, 5.74) is 5.21. The number of para-hydroxylation sites is 1. The molecule has 0 fully saturated rings. The van der Waals surface area contributed by atoms with Gasteiger partial charge in [0.1, 0.15) is 12.0 Å². The van der Waals surface area contributed by atoms with Crippen LogP contribution in [-0.2, 0) is 4.79 Å². The Morgan fingerprint density at radius 1 is 0.946 bits per heavy atom. The van der Waals surface area contributed by atoms with Crippen molar-refractivity contribution >= 4 is 40.1 Å². The second-order valence-electron chi connectivity index (χ2n) is 9.56. The Balaban J connectivity index is 1.09. The standard InChI is InChI=1S/C29H27N5O3/c1-18-30-23-15-14-19(17-24(23)31-18)32-26(35)13-3-2-8-16-33-27-20-9-4-5-10-21(20)29(37)34(27)25-12-7-6-11-22(25)28(33)36/h4-7,9-12,14-15,17,27H,2-3,8,13,16H2,1H3,(H,30,31)(H,32,35). The molecule has 8 nitrogen and oxygen atoms in total. The average Bonchev–Trinajstić information content (AvgIpc) is 3.42. The molecule has 2 aliphatic rings. The number of unbranched alkanes of at least 4 members (excludes halogenated alkanes) is 2. The number of fused-ring (bicyclic) bond motifs is 6. The van der Waals surface area contributed by atoms with Crippen molar-refractivity contribution in [3.8, 4) is 0 Å². The molecule has 1 aromatic heterocycles. The molecule has 3 heterocycles. The number of carbonyl (C=O) groups excluding carboxylic acids is 3. The summed E-state index contributed by atoms with van der Waals surface area (Å²) in [6.45, 7) is 2.41. The van der Waals surface area contributed by atoms with Gasteiger partial charge in [-0.2, -0.15) is 0 Å². The summed E-state index contributed by atoms with van der Waals surface area (Å²) in [7, 11) is 0. The summed E-state index contributed by atoms with van der Waals surface area (Å²) in [5.74, 6) is 0.650. The number of benzene rings is 3. The summed E-state index contributed by atoms with van der Waals surface area (Å²) >= 11 is 0. The zero-order valence-electron chi connectivity index (χ0n) is 20.5. The minimum Gasteiger partial charge on any atom is -0.342 e. The number of nitrogens with one attached hydrogen (secondary N) is 2. The predicted molar refractivity (Wildman–Crippen MR) is 141 cm³/mol. The van der Waals surface area contributed by atoms with Crippen molar-refractivity contribution in [2.24, 2.45) is 0 Å². The molecule has 37 heavy (non-hydrogen) atoms. The van der Waals surface area contributed by atoms with Crippen LogP contribution < -0.4 is 10.2 Å². The molecule has 0 spiro atoms. The first kappa shape index (κ1) is 23.0. The van der Waals surface area contributed by atoms with Gasteiger partial charge in [-0.15, -0.1) is 0 Å². The first-order valence-corrected chi connectivity index (χ1v) is 12.6. The third kappa shape index (κ3) is 4.04. The number of hydrogen-bond acceptors (Lipinski definition) is 4. The third-order valence-electron chi connectivity index (χ3n) is 7.07. The van der Waals surface area contributed by atoms with Gasteiger partial charge in [-0.05, 0) is 56.2 Å². The molecule has 0 bridgehead atoms. The van der Waals surface area contributed by atoms with E-state index in [1.165, 1.54) is 0 Å². The van der Waals surface area contributed by atoms with Crippen molar-refractivity contribution in [1.82, 2.24) is 14.9 Å². The molecular formula is C29H27N5O3. The molecule has 0 aliphatic carbocycles. The maximum atomic E-state index is 13.5. The van der Waals surface area contributed by atoms with Crippen LogP contribution in [0.15, 0.2) is 66.7 Å². The van der Waals surface area contributed by atoms with E-state index in [-0.39, 0.29) is 17.7 Å². The van der Waals surface area contributed by atoms with E-state index in [4.69, 9.17) is 0 Å². The van der Waals surface area contributed by atoms with Gasteiger partial charge in [0.25, 0.3) is 11.8 Å². The van der Waals surface area contributed by atoms with Crippen LogP contribution in [0.2, 0.25) is 0 Å². The van der Waals surface area contributed by atoms with Crippen molar-refractivity contribution in [2.75, 3.05) is 16.8 Å². The first-order chi connectivity index (χ1) is 18.0. The van der Waals surface area contributed by atoms with E-state index < -0.39 is 6.17 Å². The van der Waals surface area contributed by atoms with Gasteiger partial charge in [0, 0.05) is 29.8 Å². The lowest BCUT2D eigenvalue weighted by Crippen LogP contribution is -2.48. The normalized spacial score (nSPS) is 16.1. The fourth-order valence-corrected chi connectivity index (χ4v) is 5.38. The Morgan fingerprint density at radius 2 is 1.73 bits per heavy atom. The lowest BCUT2D eigenvalue weighted by atomic mass is 10.0. The number of rotatable bonds is 7. The van der Waals surface area contributed by atoms with Gasteiger partial charge in [-0.25, -0.2) is 4.98 Å². The number of H-pyrrole nitrogens is 1. The quantitative estimate of drug-likeness (QED) is 0.346. The zero-order valence-corrected chi connectivity index (χ0v) is 20.5. The molecule has 186 valence electrons. The Bertz CT molecular complexity index is 1540. The summed E-state index contributed by atoms with van der Waals surface area (Å²) in [5, 5.41) is 2.95. The smallest absolute Gasteiger partial charge is 0.260 e. The van der Waals surface area contributed by atoms with Crippen LogP contribution in [0.25, 0.3) is 11.0 Å². The Hall–Kier alpha value is -4.46. The molecule has 3 aromatic carbocycles. The number of hydrogen-bond donors (Lipinski definition) is 2. The highest BCUT2D eigenvalue weighted by Gasteiger charge is 2.47. The van der Waals surface area contributed by atoms with E-state index >= 15 is 0 Å². The molecule has 1 unspecified atom stereocenters. The average molecular weight is 494 g/mol. The number of aromatic amines is 1. The molecule has 3 amide bonds. The number of carbonyl (C=O) groups is 3. The molecule has 4 aromatic rings. The second kappa shape index (κ2) is 9.20. The van der Waals surface area contributed by atoms with Gasteiger partial charge in [0.2, 0.25) is 5.91 Å². The van der Waals surface area contributed by atoms with E-state index in [1.54, 1.807) is 15.9 Å². The van der Waals surface area contributed by atoms with Gasteiger partial charge < -0.3 is 15.2 Å². The lowest BCUT2D eigenvalue weighted by molar-refractivity contribution is -0.116. The Morgan fingerprint density at radius 3 is 2.59 bits per heavy atom. The van der Waals surface area contributed by atoms with Crippen molar-refractivity contribution in [3.63, 3.8) is 0 Å². The van der Waals surface area contributed by atoms with Crippen molar-refractivity contribution in [2.45, 2.75) is 38.8 Å². The Labute approximate surface area is 214 Å². The minimum atomic E-state index is -0.435. The van der Waals surface area contributed by atoms with Crippen molar-refractivity contribution in [1.29, 1.82) is 0 Å². The summed E-state index contributed by atoms with van der Waals surface area (Å²) < 4.78 is 0. The topological polar surface area (TPSA) is 98.4 Å². The molecule has 2 N–H and O–H groups in total. The van der Waals surface area contributed by atoms with Crippen molar-refractivity contribution in [3.05, 3.63) is 89.2 Å². The molecule has 6 rings (SSSR count). The molecular weight excluding hydrogens is 466 g/mol. The number of anilines is 2. The predicted octanol–water partition coefficient (Wildman–Crippen LogP) is 5.19. The van der Waals surface area contributed by atoms with Crippen molar-refractivity contribution < 1.29 is 14.4 Å². The maximum absolute atomic E-state index is 13.5. The molecule has 0 saturated carbocycles. The minimum absolute atomic E-state index is 0.0416. The fraction of sp³-hybridized carbons (Fsp3) is 0.241. The van der Waals surface area contributed by atoms with Crippen LogP contribution >= 0.6 is 0 Å². The highest BCUT2D eigenvalue weighted by molar-refractivity contribution is 6.16. The van der Waals surface area contributed by atoms with E-state index in [0.29, 0.717) is 36.2 Å².